The van der Waals surface area contributed by atoms with Crippen molar-refractivity contribution in [3.63, 3.8) is 0 Å². The number of hydrogen-bond donors (Lipinski definition) is 1. The highest BCUT2D eigenvalue weighted by Crippen LogP contribution is 2.31. The summed E-state index contributed by atoms with van der Waals surface area (Å²) in [6.45, 7) is 0.908. The molecule has 1 N–H and O–H groups in total. The Bertz CT molecular complexity index is 519. The molecular formula is C12H14BrFN2. The highest BCUT2D eigenvalue weighted by atomic mass is 79.9. The molecule has 4 heteroatoms. The van der Waals surface area contributed by atoms with Crippen LogP contribution in [0.2, 0.25) is 0 Å². The van der Waals surface area contributed by atoms with Crippen LogP contribution in [0.15, 0.2) is 22.7 Å². The maximum absolute atomic E-state index is 13.2. The van der Waals surface area contributed by atoms with E-state index in [2.05, 4.69) is 25.8 Å². The van der Waals surface area contributed by atoms with Crippen LogP contribution in [0, 0.1) is 5.82 Å². The Hall–Kier alpha value is -0.870. The lowest BCUT2D eigenvalue weighted by Crippen LogP contribution is -2.12. The van der Waals surface area contributed by atoms with Crippen LogP contribution in [-0.2, 0) is 13.5 Å². The van der Waals surface area contributed by atoms with Crippen LogP contribution < -0.4 is 5.32 Å². The van der Waals surface area contributed by atoms with Gasteiger partial charge in [-0.05, 0) is 41.2 Å². The van der Waals surface area contributed by atoms with Gasteiger partial charge in [0, 0.05) is 41.1 Å². The summed E-state index contributed by atoms with van der Waals surface area (Å²) in [5.74, 6) is -0.195. The van der Waals surface area contributed by atoms with Gasteiger partial charge >= 0.3 is 0 Å². The Kier molecular flexibility index (Phi) is 3.30. The van der Waals surface area contributed by atoms with Crippen LogP contribution in [-0.4, -0.2) is 18.2 Å². The van der Waals surface area contributed by atoms with E-state index in [1.165, 1.54) is 11.8 Å². The number of aromatic nitrogens is 1. The third-order valence-electron chi connectivity index (χ3n) is 2.83. The summed E-state index contributed by atoms with van der Waals surface area (Å²) < 4.78 is 16.3. The van der Waals surface area contributed by atoms with Crippen LogP contribution in [0.5, 0.6) is 0 Å². The molecule has 0 fully saturated rings. The predicted octanol–water partition coefficient (Wildman–Crippen LogP) is 2.84. The summed E-state index contributed by atoms with van der Waals surface area (Å²) in [7, 11) is 3.94. The minimum Gasteiger partial charge on any atom is -0.346 e. The molecule has 0 atom stereocenters. The number of fused-ring (bicyclic) bond motifs is 1. The molecule has 2 rings (SSSR count). The molecule has 86 valence electrons. The summed E-state index contributed by atoms with van der Waals surface area (Å²) in [5, 5.41) is 4.06. The molecule has 0 radical (unpaired) electrons. The van der Waals surface area contributed by atoms with Crippen molar-refractivity contribution in [3.05, 3.63) is 34.2 Å². The van der Waals surface area contributed by atoms with Gasteiger partial charge in [-0.2, -0.15) is 0 Å². The van der Waals surface area contributed by atoms with Gasteiger partial charge in [0.2, 0.25) is 0 Å². The Morgan fingerprint density at radius 2 is 2.19 bits per heavy atom. The normalized spacial score (nSPS) is 11.2. The Balaban J connectivity index is 2.57. The molecule has 0 aliphatic heterocycles. The monoisotopic (exact) mass is 284 g/mol. The van der Waals surface area contributed by atoms with E-state index in [4.69, 9.17) is 0 Å². The third kappa shape index (κ3) is 1.87. The van der Waals surface area contributed by atoms with E-state index in [9.17, 15) is 4.39 Å². The topological polar surface area (TPSA) is 17.0 Å². The minimum absolute atomic E-state index is 0.195. The van der Waals surface area contributed by atoms with E-state index < -0.39 is 0 Å². The largest absolute Gasteiger partial charge is 0.346 e. The van der Waals surface area contributed by atoms with Crippen molar-refractivity contribution in [2.75, 3.05) is 13.6 Å². The zero-order chi connectivity index (χ0) is 11.7. The fraction of sp³-hybridized carbons (Fsp3) is 0.333. The minimum atomic E-state index is -0.195. The van der Waals surface area contributed by atoms with Gasteiger partial charge in [-0.15, -0.1) is 0 Å². The second-order valence-corrected chi connectivity index (χ2v) is 4.63. The Labute approximate surface area is 103 Å². The first-order chi connectivity index (χ1) is 7.65. The summed E-state index contributed by atoms with van der Waals surface area (Å²) in [5.41, 5.74) is 2.24. The molecule has 0 amide bonds. The van der Waals surface area contributed by atoms with Crippen molar-refractivity contribution >= 4 is 26.8 Å². The quantitative estimate of drug-likeness (QED) is 0.917. The second-order valence-electron chi connectivity index (χ2n) is 3.83. The molecule has 1 aromatic heterocycles. The first-order valence-electron chi connectivity index (χ1n) is 5.22. The summed E-state index contributed by atoms with van der Waals surface area (Å²) >= 11 is 3.55. The molecular weight excluding hydrogens is 271 g/mol. The van der Waals surface area contributed by atoms with Crippen molar-refractivity contribution < 1.29 is 4.39 Å². The van der Waals surface area contributed by atoms with Gasteiger partial charge in [-0.25, -0.2) is 4.39 Å². The molecule has 0 bridgehead atoms. The van der Waals surface area contributed by atoms with E-state index >= 15 is 0 Å². The van der Waals surface area contributed by atoms with Gasteiger partial charge in [0.15, 0.2) is 0 Å². The standard InChI is InChI=1S/C12H14BrFN2/c1-15-6-5-11-12(13)9-7-8(14)3-4-10(9)16(11)2/h3-4,7,15H,5-6H2,1-2H3. The molecule has 0 aliphatic rings. The highest BCUT2D eigenvalue weighted by molar-refractivity contribution is 9.10. The molecule has 1 aromatic carbocycles. The second kappa shape index (κ2) is 4.55. The maximum atomic E-state index is 13.2. The van der Waals surface area contributed by atoms with Crippen molar-refractivity contribution in [2.45, 2.75) is 6.42 Å². The molecule has 0 saturated heterocycles. The Morgan fingerprint density at radius 1 is 1.44 bits per heavy atom. The zero-order valence-corrected chi connectivity index (χ0v) is 10.9. The fourth-order valence-electron chi connectivity index (χ4n) is 1.95. The molecule has 16 heavy (non-hydrogen) atoms. The number of benzene rings is 1. The number of aryl methyl sites for hydroxylation is 1. The molecule has 0 unspecified atom stereocenters. The average molecular weight is 285 g/mol. The van der Waals surface area contributed by atoms with Crippen molar-refractivity contribution in [1.82, 2.24) is 9.88 Å². The van der Waals surface area contributed by atoms with Crippen LogP contribution in [0.25, 0.3) is 10.9 Å². The lowest BCUT2D eigenvalue weighted by molar-refractivity contribution is 0.629. The number of likely N-dealkylation sites (N-methyl/N-ethyl adjacent to an activating group) is 1. The van der Waals surface area contributed by atoms with Crippen LogP contribution in [0.1, 0.15) is 5.69 Å². The molecule has 1 heterocycles. The summed E-state index contributed by atoms with van der Waals surface area (Å²) in [6.07, 6.45) is 0.921. The first kappa shape index (κ1) is 11.6. The van der Waals surface area contributed by atoms with Gasteiger partial charge in [-0.1, -0.05) is 0 Å². The number of nitrogens with one attached hydrogen (secondary N) is 1. The number of halogens is 2. The van der Waals surface area contributed by atoms with Gasteiger partial charge in [-0.3, -0.25) is 0 Å². The molecule has 2 nitrogen and oxygen atoms in total. The predicted molar refractivity (Wildman–Crippen MR) is 68.2 cm³/mol. The fourth-order valence-corrected chi connectivity index (χ4v) is 2.73. The molecule has 0 saturated carbocycles. The van der Waals surface area contributed by atoms with Crippen molar-refractivity contribution in [3.8, 4) is 0 Å². The van der Waals surface area contributed by atoms with E-state index in [1.807, 2.05) is 20.2 Å². The highest BCUT2D eigenvalue weighted by Gasteiger charge is 2.12. The van der Waals surface area contributed by atoms with Gasteiger partial charge in [0.25, 0.3) is 0 Å². The van der Waals surface area contributed by atoms with Gasteiger partial charge < -0.3 is 9.88 Å². The third-order valence-corrected chi connectivity index (χ3v) is 3.71. The van der Waals surface area contributed by atoms with Crippen molar-refractivity contribution in [2.24, 2.45) is 7.05 Å². The molecule has 0 aliphatic carbocycles. The maximum Gasteiger partial charge on any atom is 0.123 e. The van der Waals surface area contributed by atoms with Crippen LogP contribution in [0.4, 0.5) is 4.39 Å². The average Bonchev–Trinajstić information content (AvgIpc) is 2.50. The molecule has 0 spiro atoms. The van der Waals surface area contributed by atoms with E-state index in [1.54, 1.807) is 6.07 Å². The zero-order valence-electron chi connectivity index (χ0n) is 9.35. The van der Waals surface area contributed by atoms with E-state index in [0.717, 1.165) is 28.3 Å². The van der Waals surface area contributed by atoms with Crippen LogP contribution in [0.3, 0.4) is 0 Å². The lowest BCUT2D eigenvalue weighted by atomic mass is 10.2. The van der Waals surface area contributed by atoms with E-state index in [0.29, 0.717) is 0 Å². The van der Waals surface area contributed by atoms with Gasteiger partial charge in [0.1, 0.15) is 5.82 Å². The number of nitrogens with zero attached hydrogens (tertiary/aromatic N) is 1. The van der Waals surface area contributed by atoms with E-state index in [-0.39, 0.29) is 5.82 Å². The smallest absolute Gasteiger partial charge is 0.123 e. The van der Waals surface area contributed by atoms with Crippen molar-refractivity contribution in [1.29, 1.82) is 0 Å². The number of rotatable bonds is 3. The lowest BCUT2D eigenvalue weighted by Gasteiger charge is -2.04. The first-order valence-corrected chi connectivity index (χ1v) is 6.01. The van der Waals surface area contributed by atoms with Gasteiger partial charge in [0.05, 0.1) is 0 Å². The van der Waals surface area contributed by atoms with Crippen LogP contribution >= 0.6 is 15.9 Å². The Morgan fingerprint density at radius 3 is 2.88 bits per heavy atom. The SMILES string of the molecule is CNCCc1c(Br)c2cc(F)ccc2n1C. The number of hydrogen-bond acceptors (Lipinski definition) is 1. The summed E-state index contributed by atoms with van der Waals surface area (Å²) in [6, 6.07) is 4.89. The summed E-state index contributed by atoms with van der Waals surface area (Å²) in [4.78, 5) is 0. The molecule has 2 aromatic rings.